The Morgan fingerprint density at radius 2 is 0.836 bits per heavy atom. The van der Waals surface area contributed by atoms with Gasteiger partial charge in [-0.15, -0.1) is 0 Å². The fourth-order valence-corrected chi connectivity index (χ4v) is 8.99. The van der Waals surface area contributed by atoms with Crippen molar-refractivity contribution >= 4 is 54.1 Å². The second-order valence-corrected chi connectivity index (χ2v) is 14.3. The third-order valence-corrected chi connectivity index (χ3v) is 11.4. The molecule has 1 heterocycles. The van der Waals surface area contributed by atoms with E-state index >= 15 is 0 Å². The van der Waals surface area contributed by atoms with Gasteiger partial charge in [0.1, 0.15) is 0 Å². The Morgan fingerprint density at radius 3 is 1.49 bits per heavy atom. The Morgan fingerprint density at radius 1 is 0.345 bits per heavy atom. The van der Waals surface area contributed by atoms with Crippen molar-refractivity contribution in [2.24, 2.45) is 0 Å². The number of hydrogen-bond donors (Lipinski definition) is 0. The summed E-state index contributed by atoms with van der Waals surface area (Å²) in [6.45, 7) is 0. The molecule has 11 aromatic rings. The normalized spacial score (nSPS) is 11.6. The highest BCUT2D eigenvalue weighted by Crippen LogP contribution is 2.46. The summed E-state index contributed by atoms with van der Waals surface area (Å²) in [6.07, 6.45) is 0. The molecule has 0 saturated carbocycles. The number of hydrogen-bond acceptors (Lipinski definition) is 1. The summed E-state index contributed by atoms with van der Waals surface area (Å²) < 4.78 is 2.33. The fraction of sp³-hybridized carbons (Fsp3) is 0. The number of rotatable bonds is 5. The molecule has 0 aliphatic heterocycles. The van der Waals surface area contributed by atoms with Crippen LogP contribution in [-0.4, -0.2) is 4.57 Å². The van der Waals surface area contributed by atoms with Gasteiger partial charge in [0, 0.05) is 21.8 Å². The molecule has 55 heavy (non-hydrogen) atoms. The van der Waals surface area contributed by atoms with E-state index in [-0.39, 0.29) is 0 Å². The number of benzene rings is 10. The van der Waals surface area contributed by atoms with Crippen LogP contribution in [0.15, 0.2) is 194 Å². The van der Waals surface area contributed by atoms with Crippen molar-refractivity contribution in [1.82, 2.24) is 4.57 Å². The largest absolute Gasteiger partial charge is 0.309 e. The van der Waals surface area contributed by atoms with Gasteiger partial charge in [-0.2, -0.15) is 5.26 Å². The van der Waals surface area contributed by atoms with Crippen LogP contribution in [0.1, 0.15) is 5.56 Å². The first-order valence-electron chi connectivity index (χ1n) is 18.7. The monoisotopic (exact) mass is 696 g/mol. The third-order valence-electron chi connectivity index (χ3n) is 11.4. The van der Waals surface area contributed by atoms with Crippen molar-refractivity contribution in [3.8, 4) is 56.3 Å². The van der Waals surface area contributed by atoms with Crippen LogP contribution < -0.4 is 0 Å². The first-order valence-corrected chi connectivity index (χ1v) is 18.7. The quantitative estimate of drug-likeness (QED) is 0.130. The number of para-hydroxylation sites is 1. The van der Waals surface area contributed by atoms with E-state index in [1.54, 1.807) is 0 Å². The molecule has 10 aromatic carbocycles. The van der Waals surface area contributed by atoms with Gasteiger partial charge in [-0.1, -0.05) is 158 Å². The van der Waals surface area contributed by atoms with E-state index in [0.717, 1.165) is 33.1 Å². The van der Waals surface area contributed by atoms with Crippen LogP contribution >= 0.6 is 0 Å². The Bertz CT molecular complexity index is 3280. The summed E-state index contributed by atoms with van der Waals surface area (Å²) in [5, 5.41) is 19.5. The van der Waals surface area contributed by atoms with E-state index in [4.69, 9.17) is 0 Å². The minimum Gasteiger partial charge on any atom is -0.309 e. The Labute approximate surface area is 318 Å². The second kappa shape index (κ2) is 12.3. The maximum atomic E-state index is 10.0. The Kier molecular flexibility index (Phi) is 6.96. The summed E-state index contributed by atoms with van der Waals surface area (Å²) in [4.78, 5) is 0. The number of aromatic nitrogens is 1. The lowest BCUT2D eigenvalue weighted by molar-refractivity contribution is 1.18. The summed E-state index contributed by atoms with van der Waals surface area (Å²) in [5.74, 6) is 0. The van der Waals surface area contributed by atoms with Crippen LogP contribution in [0.2, 0.25) is 0 Å². The molecule has 0 saturated heterocycles. The smallest absolute Gasteiger partial charge is 0.0998 e. The molecule has 11 rings (SSSR count). The highest BCUT2D eigenvalue weighted by Gasteiger charge is 2.21. The van der Waals surface area contributed by atoms with Gasteiger partial charge in [-0.25, -0.2) is 0 Å². The van der Waals surface area contributed by atoms with Crippen LogP contribution in [0, 0.1) is 11.3 Å². The van der Waals surface area contributed by atoms with Crippen LogP contribution in [-0.2, 0) is 0 Å². The van der Waals surface area contributed by atoms with Crippen molar-refractivity contribution < 1.29 is 0 Å². The van der Waals surface area contributed by atoms with Gasteiger partial charge < -0.3 is 4.57 Å². The van der Waals surface area contributed by atoms with Gasteiger partial charge in [0.15, 0.2) is 0 Å². The molecule has 0 bridgehead atoms. The van der Waals surface area contributed by atoms with E-state index in [1.165, 1.54) is 71.3 Å². The molecule has 0 N–H and O–H groups in total. The predicted molar refractivity (Wildman–Crippen MR) is 231 cm³/mol. The molecule has 0 radical (unpaired) electrons. The van der Waals surface area contributed by atoms with Crippen molar-refractivity contribution in [2.75, 3.05) is 0 Å². The molecule has 2 heteroatoms. The third kappa shape index (κ3) is 4.74. The van der Waals surface area contributed by atoms with Crippen molar-refractivity contribution in [1.29, 1.82) is 5.26 Å². The number of fused-ring (bicyclic) bond motifs is 2. The van der Waals surface area contributed by atoms with Gasteiger partial charge in [0.25, 0.3) is 0 Å². The first-order chi connectivity index (χ1) is 27.3. The predicted octanol–water partition coefficient (Wildman–Crippen LogP) is 14.2. The SMILES string of the molecule is N#Cc1ccc2c3c1ccc1c(-c4ccc(-c5ccc6c(-c7ccccc7)c7ccccc7c(-c7ccccc7)c6c5)cc4)ccc(c13)n2-c1ccccc1. The average Bonchev–Trinajstić information content (AvgIpc) is 3.60. The van der Waals surface area contributed by atoms with Crippen LogP contribution in [0.25, 0.3) is 104 Å². The molecule has 0 unspecified atom stereocenters. The molecule has 0 atom stereocenters. The van der Waals surface area contributed by atoms with Crippen molar-refractivity contribution in [2.45, 2.75) is 0 Å². The Hall–Kier alpha value is -7.47. The lowest BCUT2D eigenvalue weighted by Crippen LogP contribution is -1.93. The zero-order valence-corrected chi connectivity index (χ0v) is 29.9. The van der Waals surface area contributed by atoms with Gasteiger partial charge >= 0.3 is 0 Å². The standard InChI is InChI=1S/C53H32N2/c54-33-39-25-30-48-52-42(39)27-28-45-41(29-31-49(53(45)52)55(48)40-16-8-3-9-17-40)35-22-20-34(21-23-35)38-24-26-46-47(32-38)51(37-14-6-2-7-15-37)44-19-11-10-18-43(44)50(46)36-12-4-1-5-13-36/h1-32H. The molecule has 1 aromatic heterocycles. The fourth-order valence-electron chi connectivity index (χ4n) is 8.99. The molecule has 0 aliphatic carbocycles. The number of nitrogens with zero attached hydrogens (tertiary/aromatic N) is 2. The molecule has 254 valence electrons. The average molecular weight is 697 g/mol. The molecule has 0 fully saturated rings. The van der Waals surface area contributed by atoms with Crippen LogP contribution in [0.5, 0.6) is 0 Å². The molecular formula is C53H32N2. The van der Waals surface area contributed by atoms with Gasteiger partial charge in [-0.3, -0.25) is 0 Å². The lowest BCUT2D eigenvalue weighted by atomic mass is 9.85. The molecule has 0 aliphatic rings. The van der Waals surface area contributed by atoms with Gasteiger partial charge in [0.2, 0.25) is 0 Å². The first kappa shape index (κ1) is 31.1. The van der Waals surface area contributed by atoms with Crippen LogP contribution in [0.4, 0.5) is 0 Å². The van der Waals surface area contributed by atoms with Crippen LogP contribution in [0.3, 0.4) is 0 Å². The lowest BCUT2D eigenvalue weighted by Gasteiger charge is -2.18. The summed E-state index contributed by atoms with van der Waals surface area (Å²) in [5.41, 5.74) is 13.7. The van der Waals surface area contributed by atoms with E-state index in [9.17, 15) is 5.26 Å². The zero-order chi connectivity index (χ0) is 36.5. The van der Waals surface area contributed by atoms with E-state index in [0.29, 0.717) is 5.56 Å². The highest BCUT2D eigenvalue weighted by atomic mass is 15.0. The maximum Gasteiger partial charge on any atom is 0.0998 e. The summed E-state index contributed by atoms with van der Waals surface area (Å²) in [7, 11) is 0. The van der Waals surface area contributed by atoms with E-state index in [1.807, 2.05) is 12.1 Å². The van der Waals surface area contributed by atoms with E-state index < -0.39 is 0 Å². The minimum absolute atomic E-state index is 0.700. The Balaban J connectivity index is 1.09. The van der Waals surface area contributed by atoms with Crippen molar-refractivity contribution in [3.05, 3.63) is 200 Å². The molecule has 0 spiro atoms. The van der Waals surface area contributed by atoms with E-state index in [2.05, 4.69) is 193 Å². The highest BCUT2D eigenvalue weighted by molar-refractivity contribution is 6.27. The topological polar surface area (TPSA) is 28.7 Å². The summed E-state index contributed by atoms with van der Waals surface area (Å²) >= 11 is 0. The molecule has 2 nitrogen and oxygen atoms in total. The molecular weight excluding hydrogens is 665 g/mol. The van der Waals surface area contributed by atoms with Crippen molar-refractivity contribution in [3.63, 3.8) is 0 Å². The van der Waals surface area contributed by atoms with Gasteiger partial charge in [-0.05, 0) is 108 Å². The zero-order valence-electron chi connectivity index (χ0n) is 29.9. The molecule has 0 amide bonds. The maximum absolute atomic E-state index is 10.0. The minimum atomic E-state index is 0.700. The number of nitriles is 1. The summed E-state index contributed by atoms with van der Waals surface area (Å²) in [6, 6.07) is 72.2. The second-order valence-electron chi connectivity index (χ2n) is 14.3. The van der Waals surface area contributed by atoms with Gasteiger partial charge in [0.05, 0.1) is 22.7 Å².